The number of amides is 1. The molecule has 0 radical (unpaired) electrons. The van der Waals surface area contributed by atoms with E-state index in [0.717, 1.165) is 6.20 Å². The van der Waals surface area contributed by atoms with Crippen molar-refractivity contribution in [3.8, 4) is 0 Å². The van der Waals surface area contributed by atoms with E-state index in [2.05, 4.69) is 15.4 Å². The first kappa shape index (κ1) is 13.0. The van der Waals surface area contributed by atoms with Crippen molar-refractivity contribution in [2.45, 2.75) is 0 Å². The van der Waals surface area contributed by atoms with Crippen LogP contribution in [0.1, 0.15) is 20.8 Å². The molecule has 7 nitrogen and oxygen atoms in total. The number of nitrogens with one attached hydrogen (secondary N) is 1. The molecule has 2 aromatic rings. The van der Waals surface area contributed by atoms with Gasteiger partial charge in [-0.15, -0.1) is 0 Å². The van der Waals surface area contributed by atoms with E-state index in [1.54, 1.807) is 6.07 Å². The first-order chi connectivity index (χ1) is 8.99. The lowest BCUT2D eigenvalue weighted by Gasteiger charge is -2.05. The maximum absolute atomic E-state index is 12.0. The zero-order chi connectivity index (χ0) is 14.0. The van der Waals surface area contributed by atoms with Crippen LogP contribution in [0.15, 0.2) is 24.5 Å². The molecule has 2 rings (SSSR count). The van der Waals surface area contributed by atoms with Crippen molar-refractivity contribution < 1.29 is 14.7 Å². The van der Waals surface area contributed by atoms with Gasteiger partial charge in [0.25, 0.3) is 5.91 Å². The molecule has 2 heterocycles. The summed E-state index contributed by atoms with van der Waals surface area (Å²) < 4.78 is 1.19. The fraction of sp³-hybridized carbons (Fsp3) is 0.0909. The summed E-state index contributed by atoms with van der Waals surface area (Å²) in [7, 11) is 1.48. The molecular formula is C11H9ClN4O3. The lowest BCUT2D eigenvalue weighted by atomic mass is 10.2. The molecule has 0 spiro atoms. The van der Waals surface area contributed by atoms with Crippen LogP contribution in [0.25, 0.3) is 0 Å². The molecule has 98 valence electrons. The Bertz CT molecular complexity index is 636. The maximum Gasteiger partial charge on any atom is 0.339 e. The van der Waals surface area contributed by atoms with Crippen LogP contribution in [0.3, 0.4) is 0 Å². The van der Waals surface area contributed by atoms with Crippen molar-refractivity contribution in [2.75, 3.05) is 5.32 Å². The van der Waals surface area contributed by atoms with E-state index < -0.39 is 11.9 Å². The van der Waals surface area contributed by atoms with Crippen molar-refractivity contribution >= 4 is 29.3 Å². The Hall–Kier alpha value is -2.41. The van der Waals surface area contributed by atoms with E-state index in [-0.39, 0.29) is 17.1 Å². The number of pyridine rings is 1. The Morgan fingerprint density at radius 3 is 2.68 bits per heavy atom. The number of rotatable bonds is 3. The summed E-state index contributed by atoms with van der Waals surface area (Å²) in [6, 6.07) is 3.07. The normalized spacial score (nSPS) is 10.2. The van der Waals surface area contributed by atoms with Gasteiger partial charge in [-0.3, -0.25) is 9.48 Å². The van der Waals surface area contributed by atoms with E-state index in [9.17, 15) is 9.59 Å². The first-order valence-electron chi connectivity index (χ1n) is 5.17. The quantitative estimate of drug-likeness (QED) is 0.886. The van der Waals surface area contributed by atoms with E-state index in [1.165, 1.54) is 24.0 Å². The van der Waals surface area contributed by atoms with Gasteiger partial charge < -0.3 is 10.4 Å². The number of aromatic carboxylic acids is 1. The van der Waals surface area contributed by atoms with Crippen LogP contribution in [-0.4, -0.2) is 31.7 Å². The molecule has 0 saturated carbocycles. The second kappa shape index (κ2) is 5.07. The number of aryl methyl sites for hydroxylation is 1. The van der Waals surface area contributed by atoms with E-state index in [1.807, 2.05) is 0 Å². The molecule has 8 heteroatoms. The monoisotopic (exact) mass is 280 g/mol. The van der Waals surface area contributed by atoms with Crippen LogP contribution in [0.2, 0.25) is 5.02 Å². The van der Waals surface area contributed by atoms with Gasteiger partial charge in [-0.2, -0.15) is 5.10 Å². The molecule has 0 saturated heterocycles. The number of anilines is 1. The topological polar surface area (TPSA) is 97.1 Å². The van der Waals surface area contributed by atoms with Crippen molar-refractivity contribution in [2.24, 2.45) is 7.05 Å². The highest BCUT2D eigenvalue weighted by Gasteiger charge is 2.21. The molecule has 2 aromatic heterocycles. The molecule has 0 aliphatic heterocycles. The fourth-order valence-electron chi connectivity index (χ4n) is 1.49. The standard InChI is InChI=1S/C11H9ClN4O3/c1-16-9(7(5-14-16)11(18)19)10(17)15-8-3-2-6(12)4-13-8/h2-5H,1H3,(H,18,19)(H,13,15,17). The zero-order valence-corrected chi connectivity index (χ0v) is 10.5. The number of carboxylic acids is 1. The van der Waals surface area contributed by atoms with Crippen LogP contribution in [0, 0.1) is 0 Å². The third-order valence-corrected chi connectivity index (χ3v) is 2.58. The predicted octanol–water partition coefficient (Wildman–Crippen LogP) is 1.42. The maximum atomic E-state index is 12.0. The molecule has 0 bridgehead atoms. The molecule has 0 fully saturated rings. The highest BCUT2D eigenvalue weighted by atomic mass is 35.5. The first-order valence-corrected chi connectivity index (χ1v) is 5.55. The number of halogens is 1. The number of carbonyl (C=O) groups excluding carboxylic acids is 1. The van der Waals surface area contributed by atoms with Gasteiger partial charge in [0.2, 0.25) is 0 Å². The Balaban J connectivity index is 2.27. The van der Waals surface area contributed by atoms with Gasteiger partial charge >= 0.3 is 5.97 Å². The summed E-state index contributed by atoms with van der Waals surface area (Å²) in [4.78, 5) is 26.9. The Kier molecular flexibility index (Phi) is 3.48. The molecule has 2 N–H and O–H groups in total. The fourth-order valence-corrected chi connectivity index (χ4v) is 1.60. The van der Waals surface area contributed by atoms with Gasteiger partial charge in [-0.05, 0) is 12.1 Å². The molecule has 0 unspecified atom stereocenters. The molecule has 19 heavy (non-hydrogen) atoms. The van der Waals surface area contributed by atoms with Gasteiger partial charge in [0.15, 0.2) is 0 Å². The van der Waals surface area contributed by atoms with Crippen molar-refractivity contribution in [3.05, 3.63) is 40.8 Å². The van der Waals surface area contributed by atoms with Gasteiger partial charge in [0.1, 0.15) is 17.1 Å². The average molecular weight is 281 g/mol. The van der Waals surface area contributed by atoms with Gasteiger partial charge in [0.05, 0.1) is 11.2 Å². The average Bonchev–Trinajstić information content (AvgIpc) is 2.74. The number of hydrogen-bond acceptors (Lipinski definition) is 4. The largest absolute Gasteiger partial charge is 0.478 e. The Morgan fingerprint density at radius 1 is 1.37 bits per heavy atom. The summed E-state index contributed by atoms with van der Waals surface area (Å²) >= 11 is 5.67. The van der Waals surface area contributed by atoms with Crippen LogP contribution < -0.4 is 5.32 Å². The molecule has 0 atom stereocenters. The minimum absolute atomic E-state index is 0.0516. The number of hydrogen-bond donors (Lipinski definition) is 2. The van der Waals surface area contributed by atoms with Crippen LogP contribution >= 0.6 is 11.6 Å². The third kappa shape index (κ3) is 2.71. The number of carboxylic acid groups (broad SMARTS) is 1. The minimum atomic E-state index is -1.22. The summed E-state index contributed by atoms with van der Waals surface area (Å²) in [5.74, 6) is -1.55. The van der Waals surface area contributed by atoms with Crippen LogP contribution in [-0.2, 0) is 7.05 Å². The highest BCUT2D eigenvalue weighted by Crippen LogP contribution is 2.13. The van der Waals surface area contributed by atoms with E-state index in [0.29, 0.717) is 5.02 Å². The van der Waals surface area contributed by atoms with Crippen LogP contribution in [0.4, 0.5) is 5.82 Å². The Labute approximate surface area is 112 Å². The van der Waals surface area contributed by atoms with Crippen molar-refractivity contribution in [1.82, 2.24) is 14.8 Å². The summed E-state index contributed by atoms with van der Waals surface area (Å²) in [6.07, 6.45) is 2.49. The smallest absolute Gasteiger partial charge is 0.339 e. The highest BCUT2D eigenvalue weighted by molar-refractivity contribution is 6.30. The summed E-state index contributed by atoms with van der Waals surface area (Å²) in [6.45, 7) is 0. The third-order valence-electron chi connectivity index (χ3n) is 2.35. The van der Waals surface area contributed by atoms with Crippen LogP contribution in [0.5, 0.6) is 0 Å². The van der Waals surface area contributed by atoms with Gasteiger partial charge in [0, 0.05) is 13.2 Å². The second-order valence-corrected chi connectivity index (χ2v) is 4.09. The summed E-state index contributed by atoms with van der Waals surface area (Å²) in [5.41, 5.74) is -0.224. The molecule has 0 aliphatic carbocycles. The zero-order valence-electron chi connectivity index (χ0n) is 9.79. The van der Waals surface area contributed by atoms with Gasteiger partial charge in [-0.25, -0.2) is 9.78 Å². The lowest BCUT2D eigenvalue weighted by Crippen LogP contribution is -2.19. The molecule has 1 amide bonds. The minimum Gasteiger partial charge on any atom is -0.478 e. The second-order valence-electron chi connectivity index (χ2n) is 3.65. The Morgan fingerprint density at radius 2 is 2.11 bits per heavy atom. The van der Waals surface area contributed by atoms with E-state index >= 15 is 0 Å². The van der Waals surface area contributed by atoms with E-state index in [4.69, 9.17) is 16.7 Å². The SMILES string of the molecule is Cn1ncc(C(=O)O)c1C(=O)Nc1ccc(Cl)cn1. The van der Waals surface area contributed by atoms with Crippen molar-refractivity contribution in [3.63, 3.8) is 0 Å². The summed E-state index contributed by atoms with van der Waals surface area (Å²) in [5, 5.41) is 15.6. The number of aromatic nitrogens is 3. The number of carbonyl (C=O) groups is 2. The molecule has 0 aliphatic rings. The molecule has 0 aromatic carbocycles. The molecular weight excluding hydrogens is 272 g/mol. The predicted molar refractivity (Wildman–Crippen MR) is 67.4 cm³/mol. The van der Waals surface area contributed by atoms with Gasteiger partial charge in [-0.1, -0.05) is 11.6 Å². The van der Waals surface area contributed by atoms with Crippen molar-refractivity contribution in [1.29, 1.82) is 0 Å². The number of nitrogens with zero attached hydrogens (tertiary/aromatic N) is 3. The lowest BCUT2D eigenvalue weighted by molar-refractivity contribution is 0.0692.